The molecule has 2 N–H and O–H groups in total. The number of rotatable bonds is 2. The van der Waals surface area contributed by atoms with Gasteiger partial charge in [-0.3, -0.25) is 4.79 Å². The molecule has 0 heterocycles. The average Bonchev–Trinajstić information content (AvgIpc) is 2.66. The molecule has 1 aliphatic carbocycles. The second-order valence-corrected chi connectivity index (χ2v) is 3.15. The van der Waals surface area contributed by atoms with E-state index in [0.29, 0.717) is 0 Å². The van der Waals surface area contributed by atoms with Gasteiger partial charge in [0, 0.05) is 0 Å². The Labute approximate surface area is 72.7 Å². The van der Waals surface area contributed by atoms with Crippen LogP contribution in [0.5, 0.6) is 0 Å². The Morgan fingerprint density at radius 2 is 2.09 bits per heavy atom. The van der Waals surface area contributed by atoms with E-state index < -0.39 is 6.04 Å². The monoisotopic (exact) mass is 179 g/mol. The molecule has 0 aliphatic heterocycles. The van der Waals surface area contributed by atoms with Crippen LogP contribution in [0.2, 0.25) is 0 Å². The zero-order valence-electron chi connectivity index (χ0n) is 6.79. The van der Waals surface area contributed by atoms with E-state index >= 15 is 0 Å². The summed E-state index contributed by atoms with van der Waals surface area (Å²) in [6.45, 7) is 2.01. The normalized spacial score (nSPS) is 21.4. The molecular weight excluding hydrogens is 166 g/mol. The number of carbonyl (C=O) groups is 1. The highest BCUT2D eigenvalue weighted by Gasteiger charge is 2.46. The van der Waals surface area contributed by atoms with Gasteiger partial charge in [-0.05, 0) is 18.3 Å². The first-order valence-electron chi connectivity index (χ1n) is 3.43. The highest BCUT2D eigenvalue weighted by Crippen LogP contribution is 2.47. The second-order valence-electron chi connectivity index (χ2n) is 3.15. The molecule has 0 aromatic carbocycles. The molecule has 0 aromatic heterocycles. The zero-order chi connectivity index (χ0) is 7.78. The standard InChI is InChI=1S/C7H13NO2.ClH/c1-7(3-4-7)5(8)6(9)10-2;/h5H,3-4,8H2,1-2H3;1H/t5-;/m1./s1. The molecular formula is C7H14ClNO2. The van der Waals surface area contributed by atoms with Crippen molar-refractivity contribution >= 4 is 18.4 Å². The summed E-state index contributed by atoms with van der Waals surface area (Å²) in [7, 11) is 1.37. The predicted molar refractivity (Wildman–Crippen MR) is 44.6 cm³/mol. The Bertz CT molecular complexity index is 157. The van der Waals surface area contributed by atoms with E-state index in [1.807, 2.05) is 6.92 Å². The van der Waals surface area contributed by atoms with E-state index in [-0.39, 0.29) is 23.8 Å². The van der Waals surface area contributed by atoms with Gasteiger partial charge in [-0.15, -0.1) is 12.4 Å². The minimum Gasteiger partial charge on any atom is -0.468 e. The van der Waals surface area contributed by atoms with Gasteiger partial charge in [-0.2, -0.15) is 0 Å². The molecule has 1 atom stereocenters. The van der Waals surface area contributed by atoms with Gasteiger partial charge in [0.25, 0.3) is 0 Å². The minimum absolute atomic E-state index is 0. The molecule has 66 valence electrons. The molecule has 0 spiro atoms. The molecule has 0 radical (unpaired) electrons. The molecule has 1 fully saturated rings. The fourth-order valence-electron chi connectivity index (χ4n) is 0.920. The third kappa shape index (κ3) is 2.07. The molecule has 4 heteroatoms. The molecule has 0 saturated heterocycles. The predicted octanol–water partition coefficient (Wildman–Crippen LogP) is 0.709. The number of hydrogen-bond acceptors (Lipinski definition) is 3. The Balaban J connectivity index is 0.000001000. The third-order valence-corrected chi connectivity index (χ3v) is 2.24. The summed E-state index contributed by atoms with van der Waals surface area (Å²) in [5.41, 5.74) is 5.63. The van der Waals surface area contributed by atoms with Gasteiger partial charge in [0.1, 0.15) is 6.04 Å². The van der Waals surface area contributed by atoms with E-state index in [0.717, 1.165) is 12.8 Å². The van der Waals surface area contributed by atoms with Crippen LogP contribution in [0.1, 0.15) is 19.8 Å². The van der Waals surface area contributed by atoms with Gasteiger partial charge < -0.3 is 10.5 Å². The third-order valence-electron chi connectivity index (χ3n) is 2.24. The zero-order valence-corrected chi connectivity index (χ0v) is 7.61. The average molecular weight is 180 g/mol. The first-order valence-corrected chi connectivity index (χ1v) is 3.43. The van der Waals surface area contributed by atoms with Crippen LogP contribution < -0.4 is 5.73 Å². The summed E-state index contributed by atoms with van der Waals surface area (Å²) >= 11 is 0. The largest absolute Gasteiger partial charge is 0.468 e. The van der Waals surface area contributed by atoms with Gasteiger partial charge in [0.05, 0.1) is 7.11 Å². The number of halogens is 1. The van der Waals surface area contributed by atoms with Crippen molar-refractivity contribution in [3.05, 3.63) is 0 Å². The van der Waals surface area contributed by atoms with E-state index in [1.54, 1.807) is 0 Å². The minimum atomic E-state index is -0.419. The van der Waals surface area contributed by atoms with E-state index in [9.17, 15) is 4.79 Å². The highest BCUT2D eigenvalue weighted by atomic mass is 35.5. The Morgan fingerprint density at radius 3 is 2.36 bits per heavy atom. The summed E-state index contributed by atoms with van der Waals surface area (Å²) < 4.78 is 4.51. The SMILES string of the molecule is COC(=O)[C@@H](N)C1(C)CC1.Cl. The lowest BCUT2D eigenvalue weighted by molar-refractivity contribution is -0.143. The quantitative estimate of drug-likeness (QED) is 0.636. The molecule has 1 aliphatic rings. The Morgan fingerprint density at radius 1 is 1.64 bits per heavy atom. The van der Waals surface area contributed by atoms with Crippen molar-refractivity contribution in [3.63, 3.8) is 0 Å². The molecule has 0 unspecified atom stereocenters. The maximum absolute atomic E-state index is 10.9. The molecule has 1 rings (SSSR count). The van der Waals surface area contributed by atoms with Crippen LogP contribution >= 0.6 is 12.4 Å². The molecule has 0 bridgehead atoms. The molecule has 1 saturated carbocycles. The number of nitrogens with two attached hydrogens (primary N) is 1. The van der Waals surface area contributed by atoms with E-state index in [1.165, 1.54) is 7.11 Å². The van der Waals surface area contributed by atoms with Crippen LogP contribution in [-0.4, -0.2) is 19.1 Å². The first kappa shape index (κ1) is 10.7. The second kappa shape index (κ2) is 3.41. The molecule has 3 nitrogen and oxygen atoms in total. The Kier molecular flexibility index (Phi) is 3.32. The lowest BCUT2D eigenvalue weighted by Gasteiger charge is -2.14. The van der Waals surface area contributed by atoms with E-state index in [2.05, 4.69) is 4.74 Å². The van der Waals surface area contributed by atoms with Crippen molar-refractivity contribution in [2.75, 3.05) is 7.11 Å². The lowest BCUT2D eigenvalue weighted by atomic mass is 10.0. The topological polar surface area (TPSA) is 52.3 Å². The maximum atomic E-state index is 10.9. The summed E-state index contributed by atoms with van der Waals surface area (Å²) in [5.74, 6) is -0.292. The van der Waals surface area contributed by atoms with Crippen LogP contribution in [0, 0.1) is 5.41 Å². The van der Waals surface area contributed by atoms with Crippen LogP contribution in [0.15, 0.2) is 0 Å². The lowest BCUT2D eigenvalue weighted by Crippen LogP contribution is -2.38. The van der Waals surface area contributed by atoms with Crippen molar-refractivity contribution in [1.29, 1.82) is 0 Å². The van der Waals surface area contributed by atoms with Crippen LogP contribution in [-0.2, 0) is 9.53 Å². The van der Waals surface area contributed by atoms with Gasteiger partial charge >= 0.3 is 5.97 Å². The summed E-state index contributed by atoms with van der Waals surface area (Å²) in [5, 5.41) is 0. The number of ether oxygens (including phenoxy) is 1. The number of hydrogen-bond donors (Lipinski definition) is 1. The maximum Gasteiger partial charge on any atom is 0.323 e. The van der Waals surface area contributed by atoms with Gasteiger partial charge in [-0.25, -0.2) is 0 Å². The first-order chi connectivity index (χ1) is 4.60. The molecule has 0 aromatic rings. The fraction of sp³-hybridized carbons (Fsp3) is 0.857. The molecule has 0 amide bonds. The van der Waals surface area contributed by atoms with Gasteiger partial charge in [-0.1, -0.05) is 6.92 Å². The van der Waals surface area contributed by atoms with E-state index in [4.69, 9.17) is 5.73 Å². The smallest absolute Gasteiger partial charge is 0.323 e. The van der Waals surface area contributed by atoms with Gasteiger partial charge in [0.15, 0.2) is 0 Å². The van der Waals surface area contributed by atoms with Crippen LogP contribution in [0.3, 0.4) is 0 Å². The van der Waals surface area contributed by atoms with Crippen molar-refractivity contribution in [3.8, 4) is 0 Å². The van der Waals surface area contributed by atoms with Crippen molar-refractivity contribution in [2.24, 2.45) is 11.1 Å². The van der Waals surface area contributed by atoms with Gasteiger partial charge in [0.2, 0.25) is 0 Å². The van der Waals surface area contributed by atoms with Crippen molar-refractivity contribution < 1.29 is 9.53 Å². The van der Waals surface area contributed by atoms with Crippen molar-refractivity contribution in [1.82, 2.24) is 0 Å². The highest BCUT2D eigenvalue weighted by molar-refractivity contribution is 5.85. The van der Waals surface area contributed by atoms with Crippen LogP contribution in [0.25, 0.3) is 0 Å². The Hall–Kier alpha value is -0.280. The summed E-state index contributed by atoms with van der Waals surface area (Å²) in [6.07, 6.45) is 2.09. The van der Waals surface area contributed by atoms with Crippen molar-refractivity contribution in [2.45, 2.75) is 25.8 Å². The fourth-order valence-corrected chi connectivity index (χ4v) is 0.920. The number of methoxy groups -OCH3 is 1. The number of carbonyl (C=O) groups excluding carboxylic acids is 1. The number of esters is 1. The summed E-state index contributed by atoms with van der Waals surface area (Å²) in [6, 6.07) is -0.419. The van der Waals surface area contributed by atoms with Crippen LogP contribution in [0.4, 0.5) is 0 Å². The summed E-state index contributed by atoms with van der Waals surface area (Å²) in [4.78, 5) is 10.9. The molecule has 11 heavy (non-hydrogen) atoms.